The van der Waals surface area contributed by atoms with E-state index in [1.807, 2.05) is 60.0 Å². The van der Waals surface area contributed by atoms with Crippen molar-refractivity contribution in [2.75, 3.05) is 0 Å². The molecule has 1 amide bonds. The first-order chi connectivity index (χ1) is 15.7. The van der Waals surface area contributed by atoms with Crippen LogP contribution in [-0.2, 0) is 4.79 Å². The van der Waals surface area contributed by atoms with Gasteiger partial charge < -0.3 is 10.7 Å². The largest absolute Gasteiger partial charge is 0.309 e. The summed E-state index contributed by atoms with van der Waals surface area (Å²) >= 11 is 1.48. The molecule has 7 nitrogen and oxygen atoms in total. The number of aromatic amines is 1. The summed E-state index contributed by atoms with van der Waals surface area (Å²) in [7, 11) is 0. The second-order valence-electron chi connectivity index (χ2n) is 7.49. The number of H-pyrrole nitrogens is 1. The van der Waals surface area contributed by atoms with Gasteiger partial charge in [0.2, 0.25) is 5.91 Å². The van der Waals surface area contributed by atoms with E-state index in [-0.39, 0.29) is 11.6 Å². The van der Waals surface area contributed by atoms with Gasteiger partial charge in [-0.05, 0) is 17.7 Å². The van der Waals surface area contributed by atoms with Gasteiger partial charge in [0.25, 0.3) is 0 Å². The summed E-state index contributed by atoms with van der Waals surface area (Å²) in [5.41, 5.74) is 4.73. The van der Waals surface area contributed by atoms with Crippen LogP contribution in [0.3, 0.4) is 0 Å². The van der Waals surface area contributed by atoms with Gasteiger partial charge in [0.1, 0.15) is 16.8 Å². The van der Waals surface area contributed by atoms with Gasteiger partial charge in [-0.3, -0.25) is 9.89 Å². The van der Waals surface area contributed by atoms with Crippen molar-refractivity contribution in [3.05, 3.63) is 94.2 Å². The maximum absolute atomic E-state index is 13.3. The molecule has 32 heavy (non-hydrogen) atoms. The lowest BCUT2D eigenvalue weighted by Crippen LogP contribution is -2.45. The number of thiazole rings is 1. The van der Waals surface area contributed by atoms with Crippen LogP contribution in [0.2, 0.25) is 0 Å². The molecule has 4 aromatic rings. The number of amidine groups is 1. The third-order valence-electron chi connectivity index (χ3n) is 5.64. The van der Waals surface area contributed by atoms with Gasteiger partial charge in [0, 0.05) is 33.7 Å². The maximum Gasteiger partial charge on any atom is 0.240 e. The van der Waals surface area contributed by atoms with Crippen LogP contribution in [0.15, 0.2) is 83.1 Å². The summed E-state index contributed by atoms with van der Waals surface area (Å²) in [6.07, 6.45) is 5.41. The fourth-order valence-corrected chi connectivity index (χ4v) is 4.81. The zero-order valence-electron chi connectivity index (χ0n) is 16.7. The lowest BCUT2D eigenvalue weighted by molar-refractivity contribution is -0.120. The first-order valence-corrected chi connectivity index (χ1v) is 10.9. The van der Waals surface area contributed by atoms with E-state index in [4.69, 9.17) is 10.4 Å². The lowest BCUT2D eigenvalue weighted by atomic mass is 9.80. The predicted molar refractivity (Wildman–Crippen MR) is 125 cm³/mol. The van der Waals surface area contributed by atoms with E-state index >= 15 is 0 Å². The third-order valence-corrected chi connectivity index (χ3v) is 6.44. The Morgan fingerprint density at radius 1 is 1.06 bits per heavy atom. The van der Waals surface area contributed by atoms with Crippen LogP contribution in [0.4, 0.5) is 0 Å². The smallest absolute Gasteiger partial charge is 0.240 e. The predicted octanol–water partition coefficient (Wildman–Crippen LogP) is 4.04. The highest BCUT2D eigenvalue weighted by Crippen LogP contribution is 2.41. The molecule has 1 aliphatic carbocycles. The van der Waals surface area contributed by atoms with Gasteiger partial charge in [0.15, 0.2) is 0 Å². The Morgan fingerprint density at radius 3 is 2.75 bits per heavy atom. The number of allylic oxidation sites excluding steroid dienone is 3. The van der Waals surface area contributed by atoms with Gasteiger partial charge in [-0.15, -0.1) is 11.3 Å². The van der Waals surface area contributed by atoms with Gasteiger partial charge in [-0.2, -0.15) is 5.10 Å². The van der Waals surface area contributed by atoms with Crippen LogP contribution in [0, 0.1) is 11.3 Å². The molecule has 0 spiro atoms. The Hall–Kier alpha value is -4.17. The molecule has 0 radical (unpaired) electrons. The average Bonchev–Trinajstić information content (AvgIpc) is 3.52. The first kappa shape index (κ1) is 18.6. The molecule has 3 heterocycles. The number of aromatic nitrogens is 3. The summed E-state index contributed by atoms with van der Waals surface area (Å²) < 4.78 is 0. The first-order valence-electron chi connectivity index (χ1n) is 10.0. The van der Waals surface area contributed by atoms with Crippen molar-refractivity contribution in [1.29, 1.82) is 5.41 Å². The number of nitrogens with zero attached hydrogens (tertiary/aromatic N) is 3. The zero-order valence-corrected chi connectivity index (χ0v) is 17.5. The van der Waals surface area contributed by atoms with E-state index < -0.39 is 5.92 Å². The minimum atomic E-state index is -0.816. The summed E-state index contributed by atoms with van der Waals surface area (Å²) in [5.74, 6) is -0.598. The van der Waals surface area contributed by atoms with E-state index in [9.17, 15) is 4.79 Å². The van der Waals surface area contributed by atoms with Gasteiger partial charge in [0.05, 0.1) is 23.1 Å². The van der Waals surface area contributed by atoms with Crippen molar-refractivity contribution in [1.82, 2.24) is 20.5 Å². The van der Waals surface area contributed by atoms with Gasteiger partial charge in [-0.25, -0.2) is 9.98 Å². The van der Waals surface area contributed by atoms with E-state index in [2.05, 4.69) is 20.5 Å². The lowest BCUT2D eigenvalue weighted by Gasteiger charge is -2.30. The number of amides is 1. The third kappa shape index (κ3) is 2.84. The molecule has 6 rings (SSSR count). The highest BCUT2D eigenvalue weighted by atomic mass is 32.1. The van der Waals surface area contributed by atoms with Crippen molar-refractivity contribution >= 4 is 50.8 Å². The zero-order chi connectivity index (χ0) is 21.7. The molecule has 2 aliphatic rings. The van der Waals surface area contributed by atoms with Crippen LogP contribution in [0.5, 0.6) is 0 Å². The molecule has 2 aromatic heterocycles. The standard InChI is InChI=1S/C24H16N6OS/c25-20-15(14-7-4-8-18-17(14)12-27-30-18)11-16(24-26-9-10-32-24)21-19(20)23(31)29-22(28-21)13-5-2-1-3-6-13/h1-12,19,25H,(H,27,30)(H,28,29,31). The number of carbonyl (C=O) groups is 1. The molecule has 8 heteroatoms. The van der Waals surface area contributed by atoms with E-state index in [0.29, 0.717) is 17.1 Å². The highest BCUT2D eigenvalue weighted by molar-refractivity contribution is 7.10. The van der Waals surface area contributed by atoms with Crippen LogP contribution in [-0.4, -0.2) is 32.6 Å². The number of benzene rings is 2. The van der Waals surface area contributed by atoms with Crippen molar-refractivity contribution in [3.8, 4) is 0 Å². The average molecular weight is 437 g/mol. The highest BCUT2D eigenvalue weighted by Gasteiger charge is 2.39. The monoisotopic (exact) mass is 436 g/mol. The van der Waals surface area contributed by atoms with Crippen LogP contribution in [0.25, 0.3) is 22.0 Å². The molecule has 0 fully saturated rings. The number of rotatable bonds is 3. The number of aliphatic imine (C=N–C) groups is 1. The minimum absolute atomic E-state index is 0.211. The molecule has 154 valence electrons. The Bertz CT molecular complexity index is 1480. The van der Waals surface area contributed by atoms with E-state index in [1.54, 1.807) is 12.4 Å². The van der Waals surface area contributed by atoms with Crippen LogP contribution in [0.1, 0.15) is 16.1 Å². The summed E-state index contributed by atoms with van der Waals surface area (Å²) in [6, 6.07) is 15.3. The normalized spacial score (nSPS) is 18.3. The molecular formula is C24H16N6OS. The number of carbonyl (C=O) groups excluding carboxylic acids is 1. The molecule has 1 unspecified atom stereocenters. The molecule has 2 aromatic carbocycles. The SMILES string of the molecule is N=C1C(c2cccc3[nH]ncc23)=CC(c2nccs2)=C2N=C(c3ccccc3)NC(=O)C12. The number of fused-ring (bicyclic) bond motifs is 2. The molecular weight excluding hydrogens is 420 g/mol. The topological polar surface area (TPSA) is 107 Å². The van der Waals surface area contributed by atoms with Crippen LogP contribution < -0.4 is 5.32 Å². The Kier molecular flexibility index (Phi) is 4.19. The second-order valence-corrected chi connectivity index (χ2v) is 8.39. The van der Waals surface area contributed by atoms with Crippen molar-refractivity contribution < 1.29 is 4.79 Å². The summed E-state index contributed by atoms with van der Waals surface area (Å²) in [6.45, 7) is 0. The fourth-order valence-electron chi connectivity index (χ4n) is 4.15. The molecule has 1 atom stereocenters. The van der Waals surface area contributed by atoms with Gasteiger partial charge in [-0.1, -0.05) is 42.5 Å². The minimum Gasteiger partial charge on any atom is -0.309 e. The van der Waals surface area contributed by atoms with Crippen LogP contribution >= 0.6 is 11.3 Å². The van der Waals surface area contributed by atoms with Crippen molar-refractivity contribution in [3.63, 3.8) is 0 Å². The Labute approximate surface area is 186 Å². The van der Waals surface area contributed by atoms with E-state index in [1.165, 1.54) is 11.3 Å². The molecule has 0 saturated carbocycles. The van der Waals surface area contributed by atoms with Crippen molar-refractivity contribution in [2.45, 2.75) is 0 Å². The Morgan fingerprint density at radius 2 is 1.94 bits per heavy atom. The summed E-state index contributed by atoms with van der Waals surface area (Å²) in [4.78, 5) is 22.6. The van der Waals surface area contributed by atoms with E-state index in [0.717, 1.165) is 32.6 Å². The Balaban J connectivity index is 1.61. The number of hydrogen-bond donors (Lipinski definition) is 3. The van der Waals surface area contributed by atoms with Crippen molar-refractivity contribution in [2.24, 2.45) is 10.9 Å². The second kappa shape index (κ2) is 7.21. The molecule has 0 bridgehead atoms. The fraction of sp³-hybridized carbons (Fsp3) is 0.0417. The molecule has 3 N–H and O–H groups in total. The summed E-state index contributed by atoms with van der Waals surface area (Å²) in [5, 5.41) is 22.6. The molecule has 1 aliphatic heterocycles. The number of nitrogens with one attached hydrogen (secondary N) is 3. The quantitative estimate of drug-likeness (QED) is 0.451. The molecule has 0 saturated heterocycles. The maximum atomic E-state index is 13.3. The van der Waals surface area contributed by atoms with Gasteiger partial charge >= 0.3 is 0 Å². The number of hydrogen-bond acceptors (Lipinski definition) is 6.